The highest BCUT2D eigenvalue weighted by molar-refractivity contribution is 5.55. The van der Waals surface area contributed by atoms with E-state index in [2.05, 4.69) is 4.98 Å². The third-order valence-corrected chi connectivity index (χ3v) is 3.91. The van der Waals surface area contributed by atoms with E-state index in [0.717, 1.165) is 38.2 Å². The standard InChI is InChI=1S/C15H18F3N3/c1-2-12-6-4-3-5-9-21(12)14-11(10-19)7-8-13(20-14)15(16,17)18/h7-8,12H,2-6,9H2,1H3. The first-order chi connectivity index (χ1) is 9.97. The second kappa shape index (κ2) is 6.33. The number of halogens is 3. The zero-order valence-electron chi connectivity index (χ0n) is 12.0. The number of nitrogens with zero attached hydrogens (tertiary/aromatic N) is 3. The fraction of sp³-hybridized carbons (Fsp3) is 0.600. The van der Waals surface area contributed by atoms with Crippen LogP contribution in [0, 0.1) is 11.3 Å². The monoisotopic (exact) mass is 297 g/mol. The maximum Gasteiger partial charge on any atom is 0.433 e. The van der Waals surface area contributed by atoms with Gasteiger partial charge in [-0.3, -0.25) is 0 Å². The van der Waals surface area contributed by atoms with Crippen molar-refractivity contribution in [2.24, 2.45) is 0 Å². The first kappa shape index (κ1) is 15.6. The quantitative estimate of drug-likeness (QED) is 0.824. The summed E-state index contributed by atoms with van der Waals surface area (Å²) >= 11 is 0. The summed E-state index contributed by atoms with van der Waals surface area (Å²) in [7, 11) is 0. The maximum absolute atomic E-state index is 12.9. The van der Waals surface area contributed by atoms with Crippen molar-refractivity contribution in [1.29, 1.82) is 5.26 Å². The molecule has 21 heavy (non-hydrogen) atoms. The normalized spacial score (nSPS) is 20.0. The summed E-state index contributed by atoms with van der Waals surface area (Å²) in [6, 6.07) is 4.21. The molecule has 0 amide bonds. The van der Waals surface area contributed by atoms with E-state index in [9.17, 15) is 18.4 Å². The van der Waals surface area contributed by atoms with Crippen molar-refractivity contribution in [2.45, 2.75) is 51.2 Å². The number of aromatic nitrogens is 1. The van der Waals surface area contributed by atoms with E-state index in [1.54, 1.807) is 0 Å². The molecule has 0 aromatic carbocycles. The first-order valence-corrected chi connectivity index (χ1v) is 7.22. The Kier molecular flexibility index (Phi) is 4.71. The first-order valence-electron chi connectivity index (χ1n) is 7.22. The molecule has 0 bridgehead atoms. The van der Waals surface area contributed by atoms with Crippen LogP contribution in [0.2, 0.25) is 0 Å². The molecule has 2 rings (SSSR count). The van der Waals surface area contributed by atoms with Gasteiger partial charge >= 0.3 is 6.18 Å². The van der Waals surface area contributed by atoms with Crippen molar-refractivity contribution in [3.05, 3.63) is 23.4 Å². The van der Waals surface area contributed by atoms with E-state index in [4.69, 9.17) is 0 Å². The van der Waals surface area contributed by atoms with Gasteiger partial charge < -0.3 is 4.90 Å². The Labute approximate surface area is 122 Å². The fourth-order valence-electron chi connectivity index (χ4n) is 2.79. The number of hydrogen-bond donors (Lipinski definition) is 0. The lowest BCUT2D eigenvalue weighted by Crippen LogP contribution is -2.36. The Bertz CT molecular complexity index is 534. The number of rotatable bonds is 2. The van der Waals surface area contributed by atoms with Crippen molar-refractivity contribution in [3.63, 3.8) is 0 Å². The summed E-state index contributed by atoms with van der Waals surface area (Å²) in [6.45, 7) is 2.67. The molecule has 1 saturated heterocycles. The maximum atomic E-state index is 12.9. The van der Waals surface area contributed by atoms with E-state index in [0.29, 0.717) is 6.54 Å². The van der Waals surface area contributed by atoms with Gasteiger partial charge in [-0.15, -0.1) is 0 Å². The van der Waals surface area contributed by atoms with Crippen LogP contribution in [-0.2, 0) is 6.18 Å². The van der Waals surface area contributed by atoms with Gasteiger partial charge in [0.25, 0.3) is 0 Å². The van der Waals surface area contributed by atoms with Gasteiger partial charge in [-0.1, -0.05) is 19.8 Å². The zero-order valence-corrected chi connectivity index (χ0v) is 12.0. The number of anilines is 1. The van der Waals surface area contributed by atoms with Crippen molar-refractivity contribution >= 4 is 5.82 Å². The van der Waals surface area contributed by atoms with E-state index < -0.39 is 11.9 Å². The molecule has 1 aliphatic rings. The zero-order chi connectivity index (χ0) is 15.5. The molecule has 2 heterocycles. The highest BCUT2D eigenvalue weighted by atomic mass is 19.4. The van der Waals surface area contributed by atoms with Crippen molar-refractivity contribution in [1.82, 2.24) is 4.98 Å². The number of nitriles is 1. The summed E-state index contributed by atoms with van der Waals surface area (Å²) in [5, 5.41) is 9.17. The van der Waals surface area contributed by atoms with E-state index in [1.165, 1.54) is 6.07 Å². The summed E-state index contributed by atoms with van der Waals surface area (Å²) in [4.78, 5) is 5.65. The molecular weight excluding hydrogens is 279 g/mol. The van der Waals surface area contributed by atoms with Crippen molar-refractivity contribution in [2.75, 3.05) is 11.4 Å². The largest absolute Gasteiger partial charge is 0.433 e. The average molecular weight is 297 g/mol. The van der Waals surface area contributed by atoms with Gasteiger partial charge in [0.15, 0.2) is 0 Å². The predicted octanol–water partition coefficient (Wildman–Crippen LogP) is 4.13. The van der Waals surface area contributed by atoms with Gasteiger partial charge in [0.2, 0.25) is 0 Å². The third-order valence-electron chi connectivity index (χ3n) is 3.91. The summed E-state index contributed by atoms with van der Waals surface area (Å²) < 4.78 is 38.6. The smallest absolute Gasteiger partial charge is 0.353 e. The minimum Gasteiger partial charge on any atom is -0.353 e. The predicted molar refractivity (Wildman–Crippen MR) is 73.8 cm³/mol. The highest BCUT2D eigenvalue weighted by Gasteiger charge is 2.34. The minimum absolute atomic E-state index is 0.149. The van der Waals surface area contributed by atoms with Gasteiger partial charge in [0, 0.05) is 12.6 Å². The molecule has 1 aromatic rings. The van der Waals surface area contributed by atoms with Gasteiger partial charge in [-0.25, -0.2) is 4.98 Å². The molecule has 6 heteroatoms. The Morgan fingerprint density at radius 3 is 2.71 bits per heavy atom. The second-order valence-electron chi connectivity index (χ2n) is 5.28. The Morgan fingerprint density at radius 1 is 1.33 bits per heavy atom. The van der Waals surface area contributed by atoms with Crippen LogP contribution in [0.4, 0.5) is 19.0 Å². The number of pyridine rings is 1. The Balaban J connectivity index is 2.46. The summed E-state index contributed by atoms with van der Waals surface area (Å²) in [6.07, 6.45) is 0.321. The van der Waals surface area contributed by atoms with E-state index >= 15 is 0 Å². The molecule has 114 valence electrons. The molecule has 1 aliphatic heterocycles. The molecule has 3 nitrogen and oxygen atoms in total. The SMILES string of the molecule is CCC1CCCCCN1c1nc(C(F)(F)F)ccc1C#N. The molecule has 1 atom stereocenters. The molecule has 0 spiro atoms. The molecule has 1 aromatic heterocycles. The number of hydrogen-bond acceptors (Lipinski definition) is 3. The summed E-state index contributed by atoms with van der Waals surface area (Å²) in [5.74, 6) is 0.182. The van der Waals surface area contributed by atoms with Gasteiger partial charge in [-0.05, 0) is 31.4 Å². The number of alkyl halides is 3. The van der Waals surface area contributed by atoms with Crippen LogP contribution in [0.5, 0.6) is 0 Å². The average Bonchev–Trinajstić information content (AvgIpc) is 2.70. The van der Waals surface area contributed by atoms with Crippen LogP contribution in [0.3, 0.4) is 0 Å². The molecular formula is C15H18F3N3. The second-order valence-corrected chi connectivity index (χ2v) is 5.28. The van der Waals surface area contributed by atoms with Crippen LogP contribution >= 0.6 is 0 Å². The Hall–Kier alpha value is -1.77. The third kappa shape index (κ3) is 3.46. The van der Waals surface area contributed by atoms with Crippen LogP contribution in [0.1, 0.15) is 50.3 Å². The van der Waals surface area contributed by atoms with Crippen LogP contribution < -0.4 is 4.90 Å². The van der Waals surface area contributed by atoms with Crippen LogP contribution in [0.25, 0.3) is 0 Å². The van der Waals surface area contributed by atoms with Gasteiger partial charge in [0.1, 0.15) is 17.6 Å². The van der Waals surface area contributed by atoms with Crippen LogP contribution in [-0.4, -0.2) is 17.6 Å². The minimum atomic E-state index is -4.49. The molecule has 1 unspecified atom stereocenters. The highest BCUT2D eigenvalue weighted by Crippen LogP contribution is 2.32. The molecule has 0 radical (unpaired) electrons. The van der Waals surface area contributed by atoms with Crippen molar-refractivity contribution < 1.29 is 13.2 Å². The van der Waals surface area contributed by atoms with E-state index in [1.807, 2.05) is 17.9 Å². The van der Waals surface area contributed by atoms with Gasteiger partial charge in [-0.2, -0.15) is 18.4 Å². The molecule has 0 N–H and O–H groups in total. The lowest BCUT2D eigenvalue weighted by molar-refractivity contribution is -0.141. The lowest BCUT2D eigenvalue weighted by Gasteiger charge is -2.31. The van der Waals surface area contributed by atoms with Crippen LogP contribution in [0.15, 0.2) is 12.1 Å². The van der Waals surface area contributed by atoms with Gasteiger partial charge in [0.05, 0.1) is 5.56 Å². The molecule has 1 fully saturated rings. The Morgan fingerprint density at radius 2 is 2.10 bits per heavy atom. The van der Waals surface area contributed by atoms with Crippen molar-refractivity contribution in [3.8, 4) is 6.07 Å². The lowest BCUT2D eigenvalue weighted by atomic mass is 10.1. The summed E-state index contributed by atoms with van der Waals surface area (Å²) in [5.41, 5.74) is -0.723. The molecule has 0 aliphatic carbocycles. The van der Waals surface area contributed by atoms with E-state index in [-0.39, 0.29) is 17.4 Å². The topological polar surface area (TPSA) is 39.9 Å². The fourth-order valence-corrected chi connectivity index (χ4v) is 2.79. The molecule has 0 saturated carbocycles.